The van der Waals surface area contributed by atoms with E-state index in [0.29, 0.717) is 16.8 Å². The van der Waals surface area contributed by atoms with Gasteiger partial charge in [-0.2, -0.15) is 0 Å². The summed E-state index contributed by atoms with van der Waals surface area (Å²) in [7, 11) is 0. The first-order valence-electron chi connectivity index (χ1n) is 5.15. The summed E-state index contributed by atoms with van der Waals surface area (Å²) in [5.74, 6) is -0.325. The minimum absolute atomic E-state index is 0.174. The van der Waals surface area contributed by atoms with Crippen molar-refractivity contribution in [2.75, 3.05) is 5.33 Å². The highest BCUT2D eigenvalue weighted by atomic mass is 79.9. The second kappa shape index (κ2) is 6.10. The lowest BCUT2D eigenvalue weighted by molar-refractivity contribution is 0.409. The quantitative estimate of drug-likeness (QED) is 0.530. The molecule has 4 heteroatoms. The molecule has 1 aromatic carbocycles. The standard InChI is InChI=1S/C12H14Br2F2/c1-7(2)8(6-13)5-9-11(15)4-3-10(14)12(9)16/h3-4,7-8H,5-6H2,1-2H3. The third-order valence-electron chi connectivity index (χ3n) is 2.75. The Kier molecular flexibility index (Phi) is 5.38. The van der Waals surface area contributed by atoms with Gasteiger partial charge in [-0.3, -0.25) is 0 Å². The molecule has 0 saturated carbocycles. The van der Waals surface area contributed by atoms with Crippen LogP contribution in [0.15, 0.2) is 16.6 Å². The fourth-order valence-corrected chi connectivity index (χ4v) is 2.83. The second-order valence-electron chi connectivity index (χ2n) is 4.18. The van der Waals surface area contributed by atoms with Gasteiger partial charge in [0.15, 0.2) is 0 Å². The van der Waals surface area contributed by atoms with Gasteiger partial charge in [-0.05, 0) is 46.3 Å². The van der Waals surface area contributed by atoms with E-state index < -0.39 is 11.6 Å². The minimum Gasteiger partial charge on any atom is -0.207 e. The first kappa shape index (κ1) is 14.1. The van der Waals surface area contributed by atoms with E-state index in [4.69, 9.17) is 0 Å². The Bertz CT molecular complexity index is 364. The monoisotopic (exact) mass is 354 g/mol. The third-order valence-corrected chi connectivity index (χ3v) is 4.19. The van der Waals surface area contributed by atoms with Crippen LogP contribution in [0.25, 0.3) is 0 Å². The van der Waals surface area contributed by atoms with Crippen molar-refractivity contribution in [1.82, 2.24) is 0 Å². The summed E-state index contributed by atoms with van der Waals surface area (Å²) in [4.78, 5) is 0. The summed E-state index contributed by atoms with van der Waals surface area (Å²) < 4.78 is 27.6. The van der Waals surface area contributed by atoms with Crippen LogP contribution in [0.4, 0.5) is 8.78 Å². The summed E-state index contributed by atoms with van der Waals surface area (Å²) in [6, 6.07) is 2.70. The predicted octanol–water partition coefficient (Wildman–Crippen LogP) is 4.94. The Labute approximate surface area is 112 Å². The molecule has 1 aromatic rings. The maximum Gasteiger partial charge on any atom is 0.143 e. The van der Waals surface area contributed by atoms with E-state index in [9.17, 15) is 8.78 Å². The highest BCUT2D eigenvalue weighted by molar-refractivity contribution is 9.10. The summed E-state index contributed by atoms with van der Waals surface area (Å²) >= 11 is 6.46. The SMILES string of the molecule is CC(C)C(CBr)Cc1c(F)ccc(Br)c1F. The first-order chi connectivity index (χ1) is 7.47. The molecular formula is C12H14Br2F2. The fraction of sp³-hybridized carbons (Fsp3) is 0.500. The highest BCUT2D eigenvalue weighted by Gasteiger charge is 2.19. The van der Waals surface area contributed by atoms with Gasteiger partial charge in [0.05, 0.1) is 4.47 Å². The molecule has 0 aliphatic carbocycles. The van der Waals surface area contributed by atoms with Gasteiger partial charge in [-0.25, -0.2) is 8.78 Å². The molecule has 0 fully saturated rings. The normalized spacial score (nSPS) is 13.2. The molecule has 0 aromatic heterocycles. The van der Waals surface area contributed by atoms with Crippen molar-refractivity contribution in [3.63, 3.8) is 0 Å². The second-order valence-corrected chi connectivity index (χ2v) is 5.69. The maximum atomic E-state index is 13.7. The van der Waals surface area contributed by atoms with Gasteiger partial charge < -0.3 is 0 Å². The molecule has 0 radical (unpaired) electrons. The number of hydrogen-bond acceptors (Lipinski definition) is 0. The average Bonchev–Trinajstić information content (AvgIpc) is 2.23. The number of rotatable bonds is 4. The van der Waals surface area contributed by atoms with E-state index >= 15 is 0 Å². The van der Waals surface area contributed by atoms with E-state index in [1.54, 1.807) is 0 Å². The topological polar surface area (TPSA) is 0 Å². The molecule has 0 aliphatic rings. The molecule has 0 heterocycles. The van der Waals surface area contributed by atoms with Crippen molar-refractivity contribution in [3.8, 4) is 0 Å². The van der Waals surface area contributed by atoms with E-state index in [2.05, 4.69) is 45.7 Å². The summed E-state index contributed by atoms with van der Waals surface area (Å²) in [6.07, 6.45) is 0.417. The molecule has 0 bridgehead atoms. The molecule has 0 aliphatic heterocycles. The molecule has 0 N–H and O–H groups in total. The van der Waals surface area contributed by atoms with Crippen molar-refractivity contribution < 1.29 is 8.78 Å². The largest absolute Gasteiger partial charge is 0.207 e. The van der Waals surface area contributed by atoms with Crippen LogP contribution in [0.1, 0.15) is 19.4 Å². The molecule has 0 amide bonds. The highest BCUT2D eigenvalue weighted by Crippen LogP contribution is 2.27. The van der Waals surface area contributed by atoms with E-state index in [1.807, 2.05) is 0 Å². The summed E-state index contributed by atoms with van der Waals surface area (Å²) in [5.41, 5.74) is 0.174. The lowest BCUT2D eigenvalue weighted by atomic mass is 9.90. The van der Waals surface area contributed by atoms with Crippen LogP contribution in [-0.4, -0.2) is 5.33 Å². The van der Waals surface area contributed by atoms with Gasteiger partial charge in [0.2, 0.25) is 0 Å². The Morgan fingerprint density at radius 2 is 1.88 bits per heavy atom. The molecule has 0 saturated heterocycles. The van der Waals surface area contributed by atoms with E-state index in [-0.39, 0.29) is 11.5 Å². The van der Waals surface area contributed by atoms with Crippen LogP contribution in [0.5, 0.6) is 0 Å². The zero-order valence-corrected chi connectivity index (χ0v) is 12.4. The van der Waals surface area contributed by atoms with E-state index in [1.165, 1.54) is 12.1 Å². The number of benzene rings is 1. The lowest BCUT2D eigenvalue weighted by Gasteiger charge is -2.19. The molecular weight excluding hydrogens is 342 g/mol. The van der Waals surface area contributed by atoms with Crippen molar-refractivity contribution in [2.45, 2.75) is 20.3 Å². The molecule has 16 heavy (non-hydrogen) atoms. The van der Waals surface area contributed by atoms with Crippen LogP contribution in [0.2, 0.25) is 0 Å². The van der Waals surface area contributed by atoms with Crippen LogP contribution >= 0.6 is 31.9 Å². The Hall–Kier alpha value is 0.0400. The van der Waals surface area contributed by atoms with Gasteiger partial charge >= 0.3 is 0 Å². The third kappa shape index (κ3) is 3.27. The Balaban J connectivity index is 3.00. The van der Waals surface area contributed by atoms with Crippen LogP contribution in [0.3, 0.4) is 0 Å². The summed E-state index contributed by atoms with van der Waals surface area (Å²) in [6.45, 7) is 4.11. The van der Waals surface area contributed by atoms with Crippen LogP contribution in [-0.2, 0) is 6.42 Å². The van der Waals surface area contributed by atoms with E-state index in [0.717, 1.165) is 5.33 Å². The smallest absolute Gasteiger partial charge is 0.143 e. The number of alkyl halides is 1. The number of halogens is 4. The van der Waals surface area contributed by atoms with Gasteiger partial charge in [0.25, 0.3) is 0 Å². The molecule has 1 rings (SSSR count). The predicted molar refractivity (Wildman–Crippen MR) is 69.9 cm³/mol. The van der Waals surface area contributed by atoms with Gasteiger partial charge in [0, 0.05) is 10.9 Å². The Morgan fingerprint density at radius 3 is 2.38 bits per heavy atom. The van der Waals surface area contributed by atoms with Gasteiger partial charge in [-0.1, -0.05) is 29.8 Å². The zero-order valence-electron chi connectivity index (χ0n) is 9.24. The van der Waals surface area contributed by atoms with Gasteiger partial charge in [-0.15, -0.1) is 0 Å². The minimum atomic E-state index is -0.480. The van der Waals surface area contributed by atoms with Crippen LogP contribution in [0, 0.1) is 23.5 Å². The lowest BCUT2D eigenvalue weighted by Crippen LogP contribution is -2.15. The van der Waals surface area contributed by atoms with Gasteiger partial charge in [0.1, 0.15) is 11.6 Å². The molecule has 0 spiro atoms. The van der Waals surface area contributed by atoms with Crippen molar-refractivity contribution in [2.24, 2.45) is 11.8 Å². The molecule has 90 valence electrons. The van der Waals surface area contributed by atoms with Crippen LogP contribution < -0.4 is 0 Å². The Morgan fingerprint density at radius 1 is 1.25 bits per heavy atom. The zero-order chi connectivity index (χ0) is 12.3. The first-order valence-corrected chi connectivity index (χ1v) is 7.07. The molecule has 1 atom stereocenters. The molecule has 1 unspecified atom stereocenters. The fourth-order valence-electron chi connectivity index (χ4n) is 1.49. The maximum absolute atomic E-state index is 13.7. The van der Waals surface area contributed by atoms with Crippen molar-refractivity contribution in [1.29, 1.82) is 0 Å². The molecule has 0 nitrogen and oxygen atoms in total. The summed E-state index contributed by atoms with van der Waals surface area (Å²) in [5, 5.41) is 0.746. The van der Waals surface area contributed by atoms with Crippen molar-refractivity contribution >= 4 is 31.9 Å². The number of hydrogen-bond donors (Lipinski definition) is 0. The van der Waals surface area contributed by atoms with Crippen molar-refractivity contribution in [3.05, 3.63) is 33.8 Å². The average molecular weight is 356 g/mol.